The second-order valence-electron chi connectivity index (χ2n) is 9.85. The van der Waals surface area contributed by atoms with Crippen LogP contribution in [0.25, 0.3) is 0 Å². The fraction of sp³-hybridized carbons (Fsp3) is 0.167. The van der Waals surface area contributed by atoms with Gasteiger partial charge in [0, 0.05) is 0 Å². The standard InChI is InChI=1S/C30H25N5O9S/c31-25-22-26(33-17-32-22)35(45(39,40)34-25)27-24(44-30(38)20-14-8-3-9-15-20)23(43-29(37)19-12-6-2-7-13-19)21(42-27)16-41-28(36)18-10-4-1-5-11-18/h1-15,17,21,23-24,27H,16H2,(H2,31,34)(H,32,33)/t21-,23-,24-,27-/m1/s1. The van der Waals surface area contributed by atoms with E-state index in [4.69, 9.17) is 24.7 Å². The van der Waals surface area contributed by atoms with Crippen molar-refractivity contribution in [3.05, 3.63) is 120 Å². The summed E-state index contributed by atoms with van der Waals surface area (Å²) in [6, 6.07) is 24.0. The number of ether oxygens (including phenoxy) is 4. The second kappa shape index (κ2) is 12.2. The van der Waals surface area contributed by atoms with Crippen molar-refractivity contribution in [2.45, 2.75) is 24.5 Å². The number of aromatic nitrogens is 2. The summed E-state index contributed by atoms with van der Waals surface area (Å²) in [4.78, 5) is 46.3. The molecule has 1 fully saturated rings. The molecule has 0 amide bonds. The predicted molar refractivity (Wildman–Crippen MR) is 157 cm³/mol. The first-order valence-electron chi connectivity index (χ1n) is 13.6. The van der Waals surface area contributed by atoms with E-state index in [1.807, 2.05) is 0 Å². The number of carbonyl (C=O) groups excluding carboxylic acids is 3. The van der Waals surface area contributed by atoms with Gasteiger partial charge in [-0.1, -0.05) is 54.6 Å². The number of anilines is 1. The predicted octanol–water partition coefficient (Wildman–Crippen LogP) is 2.21. The van der Waals surface area contributed by atoms with Crippen LogP contribution in [0.1, 0.15) is 36.8 Å². The van der Waals surface area contributed by atoms with E-state index in [0.717, 1.165) is 0 Å². The van der Waals surface area contributed by atoms with E-state index in [1.54, 1.807) is 66.7 Å². The first-order chi connectivity index (χ1) is 21.7. The molecule has 0 unspecified atom stereocenters. The summed E-state index contributed by atoms with van der Waals surface area (Å²) in [5.74, 6) is -2.95. The molecule has 1 saturated heterocycles. The van der Waals surface area contributed by atoms with E-state index in [2.05, 4.69) is 14.4 Å². The number of fused-ring (bicyclic) bond motifs is 1. The van der Waals surface area contributed by atoms with Crippen LogP contribution < -0.4 is 10.0 Å². The number of imidazole rings is 1. The van der Waals surface area contributed by atoms with Crippen molar-refractivity contribution in [3.63, 3.8) is 0 Å². The van der Waals surface area contributed by atoms with Gasteiger partial charge in [0.15, 0.2) is 30.1 Å². The monoisotopic (exact) mass is 631 g/mol. The lowest BCUT2D eigenvalue weighted by Gasteiger charge is -2.32. The zero-order valence-electron chi connectivity index (χ0n) is 23.3. The molecule has 4 aromatic rings. The Morgan fingerprint density at radius 1 is 0.800 bits per heavy atom. The number of amidine groups is 1. The maximum Gasteiger partial charge on any atom is 0.350 e. The molecule has 45 heavy (non-hydrogen) atoms. The summed E-state index contributed by atoms with van der Waals surface area (Å²) in [5, 5.41) is 0. The van der Waals surface area contributed by atoms with Crippen LogP contribution in [0.15, 0.2) is 102 Å². The molecule has 4 atom stereocenters. The summed E-state index contributed by atoms with van der Waals surface area (Å²) in [6.07, 6.45) is -4.87. The lowest BCUT2D eigenvalue weighted by Crippen LogP contribution is -2.51. The summed E-state index contributed by atoms with van der Waals surface area (Å²) >= 11 is 0. The van der Waals surface area contributed by atoms with Gasteiger partial charge in [-0.3, -0.25) is 0 Å². The molecule has 3 aromatic carbocycles. The van der Waals surface area contributed by atoms with Crippen LogP contribution in [-0.2, 0) is 29.2 Å². The van der Waals surface area contributed by atoms with Crippen LogP contribution >= 0.6 is 0 Å². The van der Waals surface area contributed by atoms with E-state index >= 15 is 0 Å². The number of aromatic amines is 1. The van der Waals surface area contributed by atoms with Crippen LogP contribution in [0.4, 0.5) is 5.82 Å². The molecule has 3 heterocycles. The van der Waals surface area contributed by atoms with Crippen LogP contribution in [0.2, 0.25) is 0 Å². The summed E-state index contributed by atoms with van der Waals surface area (Å²) in [5.41, 5.74) is 6.46. The zero-order chi connectivity index (χ0) is 31.6. The van der Waals surface area contributed by atoms with Gasteiger partial charge in [-0.25, -0.2) is 23.7 Å². The molecule has 230 valence electrons. The molecule has 3 N–H and O–H groups in total. The van der Waals surface area contributed by atoms with Crippen molar-refractivity contribution in [3.8, 4) is 0 Å². The summed E-state index contributed by atoms with van der Waals surface area (Å²) in [6.45, 7) is -0.511. The van der Waals surface area contributed by atoms with E-state index < -0.39 is 59.3 Å². The Hall–Kier alpha value is -5.54. The molecule has 2 aliphatic heterocycles. The maximum atomic E-state index is 13.4. The lowest BCUT2D eigenvalue weighted by atomic mass is 10.1. The quantitative estimate of drug-likeness (QED) is 0.214. The minimum atomic E-state index is -4.63. The molecule has 0 radical (unpaired) electrons. The van der Waals surface area contributed by atoms with Gasteiger partial charge < -0.3 is 29.7 Å². The van der Waals surface area contributed by atoms with Crippen molar-refractivity contribution in [2.24, 2.45) is 10.1 Å². The third kappa shape index (κ3) is 5.98. The van der Waals surface area contributed by atoms with Crippen molar-refractivity contribution in [2.75, 3.05) is 10.9 Å². The SMILES string of the molecule is NC1=NS(=O)(=O)N([C@@H]2O[C@H](COC(=O)c3ccccc3)[C@@H](OC(=O)c3ccccc3)[C@H]2OC(=O)c2ccccc2)c2nc[nH]c21. The number of rotatable bonds is 8. The molecule has 14 nitrogen and oxygen atoms in total. The third-order valence-electron chi connectivity index (χ3n) is 6.96. The number of esters is 3. The van der Waals surface area contributed by atoms with Crippen LogP contribution in [0.5, 0.6) is 0 Å². The Kier molecular flexibility index (Phi) is 8.02. The molecular weight excluding hydrogens is 606 g/mol. The highest BCUT2D eigenvalue weighted by molar-refractivity contribution is 7.91. The Bertz CT molecular complexity index is 1850. The molecule has 0 aliphatic carbocycles. The average molecular weight is 632 g/mol. The van der Waals surface area contributed by atoms with Gasteiger partial charge in [-0.2, -0.15) is 8.42 Å². The van der Waals surface area contributed by atoms with Gasteiger partial charge in [0.1, 0.15) is 18.4 Å². The van der Waals surface area contributed by atoms with Gasteiger partial charge in [-0.05, 0) is 36.4 Å². The number of hydrogen-bond acceptors (Lipinski definition) is 11. The first kappa shape index (κ1) is 29.5. The number of carbonyl (C=O) groups is 3. The number of nitrogens with two attached hydrogens (primary N) is 1. The van der Waals surface area contributed by atoms with Gasteiger partial charge in [0.2, 0.25) is 0 Å². The Morgan fingerprint density at radius 3 is 1.87 bits per heavy atom. The topological polar surface area (TPSA) is 193 Å². The highest BCUT2D eigenvalue weighted by Crippen LogP contribution is 2.37. The normalized spacial score (nSPS) is 21.7. The van der Waals surface area contributed by atoms with Crippen molar-refractivity contribution in [1.29, 1.82) is 0 Å². The van der Waals surface area contributed by atoms with Crippen molar-refractivity contribution < 1.29 is 41.7 Å². The molecule has 0 spiro atoms. The molecule has 0 saturated carbocycles. The van der Waals surface area contributed by atoms with Crippen LogP contribution in [0.3, 0.4) is 0 Å². The molecule has 2 aliphatic rings. The van der Waals surface area contributed by atoms with Crippen molar-refractivity contribution >= 4 is 39.8 Å². The number of H-pyrrole nitrogens is 1. The van der Waals surface area contributed by atoms with Crippen LogP contribution in [-0.4, -0.2) is 73.3 Å². The van der Waals surface area contributed by atoms with E-state index in [1.165, 1.54) is 30.6 Å². The smallest absolute Gasteiger partial charge is 0.350 e. The number of benzene rings is 3. The second-order valence-corrected chi connectivity index (χ2v) is 11.3. The Morgan fingerprint density at radius 2 is 1.31 bits per heavy atom. The number of hydrogen-bond donors (Lipinski definition) is 2. The van der Waals surface area contributed by atoms with Gasteiger partial charge in [0.05, 0.1) is 23.0 Å². The van der Waals surface area contributed by atoms with E-state index in [0.29, 0.717) is 4.31 Å². The highest BCUT2D eigenvalue weighted by Gasteiger charge is 2.56. The number of nitrogens with one attached hydrogen (secondary N) is 1. The van der Waals surface area contributed by atoms with Gasteiger partial charge in [-0.15, -0.1) is 4.40 Å². The minimum Gasteiger partial charge on any atom is -0.459 e. The zero-order valence-corrected chi connectivity index (χ0v) is 24.1. The highest BCUT2D eigenvalue weighted by atomic mass is 32.2. The maximum absolute atomic E-state index is 13.4. The third-order valence-corrected chi connectivity index (χ3v) is 8.26. The lowest BCUT2D eigenvalue weighted by molar-refractivity contribution is -0.0444. The summed E-state index contributed by atoms with van der Waals surface area (Å²) < 4.78 is 54.5. The van der Waals surface area contributed by atoms with Gasteiger partial charge >= 0.3 is 28.1 Å². The van der Waals surface area contributed by atoms with E-state index in [9.17, 15) is 22.8 Å². The van der Waals surface area contributed by atoms with Gasteiger partial charge in [0.25, 0.3) is 0 Å². The molecular formula is C30H25N5O9S. The largest absolute Gasteiger partial charge is 0.459 e. The molecule has 6 rings (SSSR count). The molecule has 1 aromatic heterocycles. The fourth-order valence-electron chi connectivity index (χ4n) is 4.86. The summed E-state index contributed by atoms with van der Waals surface area (Å²) in [7, 11) is -4.63. The Balaban J connectivity index is 1.40. The van der Waals surface area contributed by atoms with Crippen molar-refractivity contribution in [1.82, 2.24) is 9.97 Å². The average Bonchev–Trinajstić information content (AvgIpc) is 3.66. The number of nitrogens with zero attached hydrogens (tertiary/aromatic N) is 3. The molecule has 15 heteroatoms. The fourth-order valence-corrected chi connectivity index (χ4v) is 6.08. The minimum absolute atomic E-state index is 0.0679. The van der Waals surface area contributed by atoms with Crippen LogP contribution in [0, 0.1) is 0 Å². The first-order valence-corrected chi connectivity index (χ1v) is 15.0. The Labute approximate surface area is 256 Å². The van der Waals surface area contributed by atoms with E-state index in [-0.39, 0.29) is 34.0 Å². The molecule has 0 bridgehead atoms.